The van der Waals surface area contributed by atoms with Gasteiger partial charge in [-0.15, -0.1) is 0 Å². The Morgan fingerprint density at radius 2 is 1.97 bits per heavy atom. The van der Waals surface area contributed by atoms with Gasteiger partial charge in [-0.2, -0.15) is 5.10 Å². The number of Topliss-reactive ketones (excluding diaryl/α,β-unsaturated/α-hetero) is 1. The summed E-state index contributed by atoms with van der Waals surface area (Å²) in [6, 6.07) is 8.58. The van der Waals surface area contributed by atoms with E-state index in [-0.39, 0.29) is 46.7 Å². The molecule has 32 heavy (non-hydrogen) atoms. The second-order valence-electron chi connectivity index (χ2n) is 8.17. The van der Waals surface area contributed by atoms with Crippen molar-refractivity contribution in [1.82, 2.24) is 9.61 Å². The Balaban J connectivity index is 1.77. The third-order valence-electron chi connectivity index (χ3n) is 5.31. The number of rotatable bonds is 10. The molecule has 0 bridgehead atoms. The highest BCUT2D eigenvalue weighted by Crippen LogP contribution is 2.33. The van der Waals surface area contributed by atoms with Crippen LogP contribution in [-0.2, 0) is 16.3 Å². The molecule has 172 valence electrons. The van der Waals surface area contributed by atoms with Crippen LogP contribution in [0.1, 0.15) is 68.1 Å². The van der Waals surface area contributed by atoms with E-state index in [4.69, 9.17) is 4.74 Å². The van der Waals surface area contributed by atoms with Crippen LogP contribution in [0.25, 0.3) is 5.52 Å². The number of hydrogen-bond acceptors (Lipinski definition) is 6. The van der Waals surface area contributed by atoms with Crippen LogP contribution in [0.5, 0.6) is 11.5 Å². The van der Waals surface area contributed by atoms with Crippen LogP contribution in [0.15, 0.2) is 41.4 Å². The number of benzene rings is 1. The molecule has 2 aromatic heterocycles. The van der Waals surface area contributed by atoms with Crippen LogP contribution in [-0.4, -0.2) is 41.3 Å². The minimum atomic E-state index is -3.58. The molecule has 1 N–H and O–H groups in total. The topological polar surface area (TPSA) is 98.0 Å². The first-order chi connectivity index (χ1) is 15.2. The lowest BCUT2D eigenvalue weighted by atomic mass is 10.0. The van der Waals surface area contributed by atoms with Gasteiger partial charge in [0.1, 0.15) is 16.4 Å². The molecule has 1 aromatic carbocycles. The third kappa shape index (κ3) is 4.80. The van der Waals surface area contributed by atoms with Gasteiger partial charge in [-0.25, -0.2) is 12.9 Å². The van der Waals surface area contributed by atoms with Gasteiger partial charge in [0.25, 0.3) is 0 Å². The Morgan fingerprint density at radius 1 is 1.22 bits per heavy atom. The predicted octanol–water partition coefficient (Wildman–Crippen LogP) is 4.56. The number of sulfone groups is 1. The molecule has 0 unspecified atom stereocenters. The van der Waals surface area contributed by atoms with Gasteiger partial charge < -0.3 is 9.84 Å². The largest absolute Gasteiger partial charge is 0.507 e. The maximum Gasteiger partial charge on any atom is 0.182 e. The maximum absolute atomic E-state index is 13.2. The molecule has 0 aliphatic rings. The van der Waals surface area contributed by atoms with Crippen LogP contribution in [0.4, 0.5) is 0 Å². The molecule has 0 atom stereocenters. The minimum Gasteiger partial charge on any atom is -0.507 e. The summed E-state index contributed by atoms with van der Waals surface area (Å²) < 4.78 is 33.8. The number of nitrogens with zero attached hydrogens (tertiary/aromatic N) is 2. The fourth-order valence-corrected chi connectivity index (χ4v) is 5.53. The summed E-state index contributed by atoms with van der Waals surface area (Å²) >= 11 is 0. The number of ether oxygens (including phenoxy) is 1. The number of carbonyl (C=O) groups excluding carboxylic acids is 1. The van der Waals surface area contributed by atoms with Crippen LogP contribution in [0.3, 0.4) is 0 Å². The summed E-state index contributed by atoms with van der Waals surface area (Å²) in [7, 11) is -3.58. The highest BCUT2D eigenvalue weighted by Gasteiger charge is 2.26. The van der Waals surface area contributed by atoms with E-state index in [0.29, 0.717) is 28.9 Å². The fraction of sp³-hybridized carbons (Fsp3) is 0.417. The summed E-state index contributed by atoms with van der Waals surface area (Å²) in [6.45, 7) is 7.40. The zero-order chi connectivity index (χ0) is 23.5. The van der Waals surface area contributed by atoms with Gasteiger partial charge in [-0.05, 0) is 49.9 Å². The first-order valence-electron chi connectivity index (χ1n) is 10.9. The number of fused-ring (bicyclic) bond motifs is 1. The Morgan fingerprint density at radius 3 is 2.62 bits per heavy atom. The first kappa shape index (κ1) is 23.8. The van der Waals surface area contributed by atoms with Crippen LogP contribution in [0.2, 0.25) is 0 Å². The maximum atomic E-state index is 13.2. The second-order valence-corrected chi connectivity index (χ2v) is 10.2. The number of aromatic hydroxyl groups is 1. The highest BCUT2D eigenvalue weighted by atomic mass is 32.2. The lowest BCUT2D eigenvalue weighted by molar-refractivity contribution is 0.101. The summed E-state index contributed by atoms with van der Waals surface area (Å²) in [6.07, 6.45) is 3.35. The van der Waals surface area contributed by atoms with Crippen molar-refractivity contribution >= 4 is 21.1 Å². The van der Waals surface area contributed by atoms with Gasteiger partial charge in [0.2, 0.25) is 0 Å². The summed E-state index contributed by atoms with van der Waals surface area (Å²) in [5, 5.41) is 14.9. The van der Waals surface area contributed by atoms with Gasteiger partial charge in [0.15, 0.2) is 15.6 Å². The molecule has 8 heteroatoms. The quantitative estimate of drug-likeness (QED) is 0.353. The van der Waals surface area contributed by atoms with Gasteiger partial charge in [0.05, 0.1) is 29.1 Å². The molecule has 0 saturated heterocycles. The van der Waals surface area contributed by atoms with E-state index in [1.807, 2.05) is 26.8 Å². The van der Waals surface area contributed by atoms with Crippen molar-refractivity contribution in [2.24, 2.45) is 0 Å². The van der Waals surface area contributed by atoms with Crippen molar-refractivity contribution in [2.75, 3.05) is 12.4 Å². The molecule has 0 aliphatic carbocycles. The Bertz CT molecular complexity index is 1230. The van der Waals surface area contributed by atoms with Gasteiger partial charge in [-0.3, -0.25) is 4.79 Å². The van der Waals surface area contributed by atoms with Crippen molar-refractivity contribution in [3.05, 3.63) is 53.3 Å². The van der Waals surface area contributed by atoms with Gasteiger partial charge in [-0.1, -0.05) is 33.3 Å². The molecule has 0 radical (unpaired) electrons. The van der Waals surface area contributed by atoms with Crippen molar-refractivity contribution < 1.29 is 23.1 Å². The summed E-state index contributed by atoms with van der Waals surface area (Å²) in [5.74, 6) is 0.0917. The number of carbonyl (C=O) groups is 1. The molecule has 7 nitrogen and oxygen atoms in total. The van der Waals surface area contributed by atoms with E-state index in [2.05, 4.69) is 5.10 Å². The van der Waals surface area contributed by atoms with Crippen LogP contribution < -0.4 is 4.74 Å². The Hall–Kier alpha value is -2.87. The minimum absolute atomic E-state index is 0.0321. The molecule has 0 saturated carbocycles. The van der Waals surface area contributed by atoms with Crippen molar-refractivity contribution in [2.45, 2.75) is 57.8 Å². The number of ketones is 1. The SMILES string of the molecule is CCCc1c(OCCCS(=O)(=O)c2c(C(C)C)nn3ccccc23)ccc(C(C)=O)c1O. The molecule has 0 fully saturated rings. The van der Waals surface area contributed by atoms with Crippen LogP contribution in [0, 0.1) is 0 Å². The molecule has 0 spiro atoms. The normalized spacial score (nSPS) is 11.9. The van der Waals surface area contributed by atoms with E-state index < -0.39 is 9.84 Å². The zero-order valence-corrected chi connectivity index (χ0v) is 19.8. The summed E-state index contributed by atoms with van der Waals surface area (Å²) in [4.78, 5) is 12.0. The zero-order valence-electron chi connectivity index (χ0n) is 19.0. The lowest BCUT2D eigenvalue weighted by Crippen LogP contribution is -2.13. The van der Waals surface area contributed by atoms with Crippen molar-refractivity contribution in [1.29, 1.82) is 0 Å². The van der Waals surface area contributed by atoms with Gasteiger partial charge in [0, 0.05) is 11.8 Å². The number of phenols is 1. The Kier molecular flexibility index (Phi) is 7.23. The number of pyridine rings is 1. The molecule has 3 rings (SSSR count). The average Bonchev–Trinajstić information content (AvgIpc) is 3.14. The third-order valence-corrected chi connectivity index (χ3v) is 7.18. The highest BCUT2D eigenvalue weighted by molar-refractivity contribution is 7.91. The molecular weight excluding hydrogens is 428 g/mol. The van der Waals surface area contributed by atoms with Crippen LogP contribution >= 0.6 is 0 Å². The predicted molar refractivity (Wildman–Crippen MR) is 124 cm³/mol. The Labute approximate surface area is 189 Å². The standard InChI is InChI=1S/C24H30N2O5S/c1-5-9-19-21(12-11-18(17(4)27)23(19)28)31-14-8-15-32(29,30)24-20-10-6-7-13-26(20)25-22(24)16(2)3/h6-7,10-13,16,28H,5,8-9,14-15H2,1-4H3. The van der Waals surface area contributed by atoms with Crippen molar-refractivity contribution in [3.63, 3.8) is 0 Å². The lowest BCUT2D eigenvalue weighted by Gasteiger charge is -2.15. The molecular formula is C24H30N2O5S. The van der Waals surface area contributed by atoms with E-state index >= 15 is 0 Å². The number of phenolic OH excluding ortho intramolecular Hbond substituents is 1. The number of hydrogen-bond donors (Lipinski definition) is 1. The first-order valence-corrected chi connectivity index (χ1v) is 12.5. The monoisotopic (exact) mass is 458 g/mol. The summed E-state index contributed by atoms with van der Waals surface area (Å²) in [5.41, 5.74) is 1.98. The molecule has 2 heterocycles. The number of aromatic nitrogens is 2. The fourth-order valence-electron chi connectivity index (χ4n) is 3.75. The second kappa shape index (κ2) is 9.73. The van der Waals surface area contributed by atoms with Crippen molar-refractivity contribution in [3.8, 4) is 11.5 Å². The van der Waals surface area contributed by atoms with E-state index in [0.717, 1.165) is 6.42 Å². The van der Waals surface area contributed by atoms with Gasteiger partial charge >= 0.3 is 0 Å². The molecule has 3 aromatic rings. The van der Waals surface area contributed by atoms with E-state index in [1.165, 1.54) is 13.0 Å². The molecule has 0 amide bonds. The average molecular weight is 459 g/mol. The smallest absolute Gasteiger partial charge is 0.182 e. The molecule has 0 aliphatic heterocycles. The van der Waals surface area contributed by atoms with E-state index in [1.54, 1.807) is 28.9 Å². The van der Waals surface area contributed by atoms with E-state index in [9.17, 15) is 18.3 Å².